The summed E-state index contributed by atoms with van der Waals surface area (Å²) in [5, 5.41) is 3.29. The van der Waals surface area contributed by atoms with E-state index in [-0.39, 0.29) is 0 Å². The van der Waals surface area contributed by atoms with E-state index in [1.807, 2.05) is 6.07 Å². The zero-order valence-electron chi connectivity index (χ0n) is 12.6. The van der Waals surface area contributed by atoms with E-state index in [1.54, 1.807) is 0 Å². The lowest BCUT2D eigenvalue weighted by molar-refractivity contribution is 0.0661. The highest BCUT2D eigenvalue weighted by Crippen LogP contribution is 2.25. The van der Waals surface area contributed by atoms with Gasteiger partial charge in [0.1, 0.15) is 0 Å². The number of ether oxygens (including phenoxy) is 1. The molecule has 1 aromatic rings. The van der Waals surface area contributed by atoms with E-state index in [4.69, 9.17) is 4.74 Å². The molecule has 1 heterocycles. The Hall–Kier alpha value is -1.19. The second-order valence-corrected chi connectivity index (χ2v) is 5.60. The van der Waals surface area contributed by atoms with Crippen molar-refractivity contribution < 1.29 is 4.74 Å². The molecule has 0 bridgehead atoms. The maximum absolute atomic E-state index is 5.87. The first-order valence-corrected chi connectivity index (χ1v) is 7.68. The Morgan fingerprint density at radius 1 is 1.25 bits per heavy atom. The molecule has 110 valence electrons. The molecule has 2 rings (SSSR count). The lowest BCUT2D eigenvalue weighted by Crippen LogP contribution is -2.19. The highest BCUT2D eigenvalue weighted by atomic mass is 16.5. The molecular weight excluding hydrogens is 248 g/mol. The highest BCUT2D eigenvalue weighted by molar-refractivity contribution is 5.10. The van der Waals surface area contributed by atoms with Crippen molar-refractivity contribution in [1.29, 1.82) is 0 Å². The Balaban J connectivity index is 1.77. The normalized spacial score (nSPS) is 22.1. The zero-order chi connectivity index (χ0) is 14.2. The summed E-state index contributed by atoms with van der Waals surface area (Å²) in [6.45, 7) is 7.67. The van der Waals surface area contributed by atoms with Crippen LogP contribution in [0.1, 0.15) is 38.1 Å². The molecule has 0 aliphatic heterocycles. The molecule has 1 aliphatic carbocycles. The number of hydrogen-bond acceptors (Lipinski definition) is 3. The number of aromatic nitrogens is 1. The molecule has 1 aliphatic rings. The van der Waals surface area contributed by atoms with Crippen LogP contribution in [0.2, 0.25) is 0 Å². The summed E-state index contributed by atoms with van der Waals surface area (Å²) in [5.41, 5.74) is 2.11. The maximum Gasteiger partial charge on any atom is 0.0888 e. The summed E-state index contributed by atoms with van der Waals surface area (Å²) >= 11 is 0. The SMILES string of the molecule is CCNCc1cccc(COCC2CC=CCC2C)n1. The number of allylic oxidation sites excluding steroid dienone is 2. The van der Waals surface area contributed by atoms with Crippen LogP contribution in [0.15, 0.2) is 30.4 Å². The molecule has 0 spiro atoms. The van der Waals surface area contributed by atoms with Gasteiger partial charge in [0.25, 0.3) is 0 Å². The first-order chi connectivity index (χ1) is 9.79. The van der Waals surface area contributed by atoms with Gasteiger partial charge in [0.15, 0.2) is 0 Å². The van der Waals surface area contributed by atoms with E-state index in [0.29, 0.717) is 12.5 Å². The fourth-order valence-electron chi connectivity index (χ4n) is 2.51. The van der Waals surface area contributed by atoms with Crippen molar-refractivity contribution in [2.75, 3.05) is 13.2 Å². The molecule has 0 radical (unpaired) electrons. The van der Waals surface area contributed by atoms with Crippen LogP contribution in [0.25, 0.3) is 0 Å². The van der Waals surface area contributed by atoms with E-state index in [0.717, 1.165) is 43.4 Å². The molecule has 1 N–H and O–H groups in total. The van der Waals surface area contributed by atoms with Crippen LogP contribution in [-0.4, -0.2) is 18.1 Å². The van der Waals surface area contributed by atoms with Gasteiger partial charge in [-0.05, 0) is 43.4 Å². The van der Waals surface area contributed by atoms with Crippen molar-refractivity contribution in [3.8, 4) is 0 Å². The van der Waals surface area contributed by atoms with Crippen LogP contribution in [0.5, 0.6) is 0 Å². The van der Waals surface area contributed by atoms with Crippen molar-refractivity contribution in [2.45, 2.75) is 39.8 Å². The number of nitrogens with one attached hydrogen (secondary N) is 1. The lowest BCUT2D eigenvalue weighted by Gasteiger charge is -2.24. The molecule has 0 saturated carbocycles. The van der Waals surface area contributed by atoms with Gasteiger partial charge < -0.3 is 10.1 Å². The van der Waals surface area contributed by atoms with E-state index in [9.17, 15) is 0 Å². The summed E-state index contributed by atoms with van der Waals surface area (Å²) in [6.07, 6.45) is 6.90. The van der Waals surface area contributed by atoms with Crippen molar-refractivity contribution >= 4 is 0 Å². The molecule has 1 aromatic heterocycles. The Morgan fingerprint density at radius 3 is 2.85 bits per heavy atom. The van der Waals surface area contributed by atoms with Crippen LogP contribution < -0.4 is 5.32 Å². The standard InChI is InChI=1S/C17H26N2O/c1-3-18-11-16-9-6-10-17(19-16)13-20-12-15-8-5-4-7-14(15)2/h4-6,9-10,14-15,18H,3,7-8,11-13H2,1-2H3. The predicted molar refractivity (Wildman–Crippen MR) is 82.3 cm³/mol. The highest BCUT2D eigenvalue weighted by Gasteiger charge is 2.18. The summed E-state index contributed by atoms with van der Waals surface area (Å²) in [4.78, 5) is 4.61. The van der Waals surface area contributed by atoms with Crippen LogP contribution in [0.3, 0.4) is 0 Å². The van der Waals surface area contributed by atoms with Gasteiger partial charge in [-0.3, -0.25) is 4.98 Å². The average molecular weight is 274 g/mol. The Labute approximate surface area is 122 Å². The molecular formula is C17H26N2O. The van der Waals surface area contributed by atoms with Crippen LogP contribution >= 0.6 is 0 Å². The second-order valence-electron chi connectivity index (χ2n) is 5.60. The van der Waals surface area contributed by atoms with Crippen LogP contribution in [-0.2, 0) is 17.9 Å². The lowest BCUT2D eigenvalue weighted by atomic mass is 9.85. The van der Waals surface area contributed by atoms with Gasteiger partial charge in [0.05, 0.1) is 24.6 Å². The predicted octanol–water partition coefficient (Wildman–Crippen LogP) is 3.31. The number of pyridine rings is 1. The second kappa shape index (κ2) is 8.18. The third kappa shape index (κ3) is 4.73. The largest absolute Gasteiger partial charge is 0.375 e. The van der Waals surface area contributed by atoms with Gasteiger partial charge in [-0.1, -0.05) is 32.1 Å². The molecule has 3 heteroatoms. The quantitative estimate of drug-likeness (QED) is 0.775. The van der Waals surface area contributed by atoms with Gasteiger partial charge in [0.2, 0.25) is 0 Å². The van der Waals surface area contributed by atoms with E-state index < -0.39 is 0 Å². The Bertz CT molecular complexity index is 431. The van der Waals surface area contributed by atoms with Crippen molar-refractivity contribution in [2.24, 2.45) is 11.8 Å². The minimum atomic E-state index is 0.618. The topological polar surface area (TPSA) is 34.1 Å². The molecule has 0 fully saturated rings. The Morgan fingerprint density at radius 2 is 2.05 bits per heavy atom. The smallest absolute Gasteiger partial charge is 0.0888 e. The average Bonchev–Trinajstić information content (AvgIpc) is 2.48. The maximum atomic E-state index is 5.87. The summed E-state index contributed by atoms with van der Waals surface area (Å²) < 4.78 is 5.87. The molecule has 20 heavy (non-hydrogen) atoms. The van der Waals surface area contributed by atoms with E-state index in [1.165, 1.54) is 6.42 Å². The number of nitrogens with zero attached hydrogens (tertiary/aromatic N) is 1. The molecule has 0 saturated heterocycles. The minimum Gasteiger partial charge on any atom is -0.375 e. The fourth-order valence-corrected chi connectivity index (χ4v) is 2.51. The zero-order valence-corrected chi connectivity index (χ0v) is 12.6. The molecule has 2 unspecified atom stereocenters. The minimum absolute atomic E-state index is 0.618. The summed E-state index contributed by atoms with van der Waals surface area (Å²) in [7, 11) is 0. The van der Waals surface area contributed by atoms with E-state index in [2.05, 4.69) is 48.4 Å². The van der Waals surface area contributed by atoms with Gasteiger partial charge in [0, 0.05) is 6.54 Å². The van der Waals surface area contributed by atoms with Crippen molar-refractivity contribution in [3.63, 3.8) is 0 Å². The van der Waals surface area contributed by atoms with Crippen molar-refractivity contribution in [1.82, 2.24) is 10.3 Å². The third-order valence-electron chi connectivity index (χ3n) is 3.92. The Kier molecular flexibility index (Phi) is 6.22. The van der Waals surface area contributed by atoms with Gasteiger partial charge >= 0.3 is 0 Å². The van der Waals surface area contributed by atoms with E-state index >= 15 is 0 Å². The van der Waals surface area contributed by atoms with Gasteiger partial charge in [-0.25, -0.2) is 0 Å². The number of hydrogen-bond donors (Lipinski definition) is 1. The number of rotatable bonds is 7. The first kappa shape index (κ1) is 15.2. The molecule has 3 nitrogen and oxygen atoms in total. The first-order valence-electron chi connectivity index (χ1n) is 7.68. The summed E-state index contributed by atoms with van der Waals surface area (Å²) in [6, 6.07) is 6.16. The van der Waals surface area contributed by atoms with Crippen LogP contribution in [0, 0.1) is 11.8 Å². The molecule has 0 amide bonds. The molecule has 0 aromatic carbocycles. The monoisotopic (exact) mass is 274 g/mol. The van der Waals surface area contributed by atoms with Gasteiger partial charge in [-0.15, -0.1) is 0 Å². The van der Waals surface area contributed by atoms with Crippen molar-refractivity contribution in [3.05, 3.63) is 41.7 Å². The van der Waals surface area contributed by atoms with Gasteiger partial charge in [-0.2, -0.15) is 0 Å². The summed E-state index contributed by atoms with van der Waals surface area (Å²) in [5.74, 6) is 1.39. The third-order valence-corrected chi connectivity index (χ3v) is 3.92. The molecule has 2 atom stereocenters. The fraction of sp³-hybridized carbons (Fsp3) is 0.588. The van der Waals surface area contributed by atoms with Crippen LogP contribution in [0.4, 0.5) is 0 Å².